The minimum Gasteiger partial charge on any atom is -0.380 e. The molecular formula is C9H18N2O3. The van der Waals surface area contributed by atoms with Crippen LogP contribution in [-0.2, 0) is 9.47 Å². The molecule has 1 rings (SSSR count). The Bertz CT molecular complexity index is 181. The highest BCUT2D eigenvalue weighted by Crippen LogP contribution is 1.97. The molecule has 1 atom stereocenters. The van der Waals surface area contributed by atoms with Gasteiger partial charge in [-0.3, -0.25) is 0 Å². The van der Waals surface area contributed by atoms with Gasteiger partial charge in [-0.05, 0) is 6.92 Å². The number of morpholine rings is 1. The minimum absolute atomic E-state index is 0.0304. The molecule has 0 spiro atoms. The number of rotatable bonds is 3. The van der Waals surface area contributed by atoms with Gasteiger partial charge in [0.15, 0.2) is 0 Å². The zero-order chi connectivity index (χ0) is 10.4. The SMILES string of the molecule is COC(C)CNC(=O)N1CCOCC1. The van der Waals surface area contributed by atoms with Crippen LogP contribution in [-0.4, -0.2) is 57.0 Å². The molecule has 1 aliphatic rings. The lowest BCUT2D eigenvalue weighted by molar-refractivity contribution is 0.0514. The maximum Gasteiger partial charge on any atom is 0.317 e. The number of urea groups is 1. The fourth-order valence-corrected chi connectivity index (χ4v) is 1.19. The standard InChI is InChI=1S/C9H18N2O3/c1-8(13-2)7-10-9(12)11-3-5-14-6-4-11/h8H,3-7H2,1-2H3,(H,10,12). The summed E-state index contributed by atoms with van der Waals surface area (Å²) in [7, 11) is 1.63. The van der Waals surface area contributed by atoms with Gasteiger partial charge in [-0.1, -0.05) is 0 Å². The van der Waals surface area contributed by atoms with Gasteiger partial charge in [0.2, 0.25) is 0 Å². The van der Waals surface area contributed by atoms with E-state index in [1.165, 1.54) is 0 Å². The van der Waals surface area contributed by atoms with Crippen LogP contribution in [0.2, 0.25) is 0 Å². The third-order valence-electron chi connectivity index (χ3n) is 2.24. The molecule has 5 heteroatoms. The fourth-order valence-electron chi connectivity index (χ4n) is 1.19. The smallest absolute Gasteiger partial charge is 0.317 e. The summed E-state index contributed by atoms with van der Waals surface area (Å²) in [6.45, 7) is 5.08. The van der Waals surface area contributed by atoms with E-state index in [-0.39, 0.29) is 12.1 Å². The molecule has 0 aromatic heterocycles. The van der Waals surface area contributed by atoms with Crippen molar-refractivity contribution in [3.63, 3.8) is 0 Å². The minimum atomic E-state index is -0.0304. The fraction of sp³-hybridized carbons (Fsp3) is 0.889. The first-order valence-corrected chi connectivity index (χ1v) is 4.87. The van der Waals surface area contributed by atoms with Crippen LogP contribution in [0.3, 0.4) is 0 Å². The van der Waals surface area contributed by atoms with Crippen molar-refractivity contribution < 1.29 is 14.3 Å². The van der Waals surface area contributed by atoms with E-state index >= 15 is 0 Å². The zero-order valence-corrected chi connectivity index (χ0v) is 8.78. The van der Waals surface area contributed by atoms with E-state index in [0.717, 1.165) is 0 Å². The highest BCUT2D eigenvalue weighted by molar-refractivity contribution is 5.74. The van der Waals surface area contributed by atoms with Crippen LogP contribution in [0.5, 0.6) is 0 Å². The van der Waals surface area contributed by atoms with E-state index in [1.54, 1.807) is 12.0 Å². The Balaban J connectivity index is 2.19. The van der Waals surface area contributed by atoms with Crippen molar-refractivity contribution in [2.45, 2.75) is 13.0 Å². The van der Waals surface area contributed by atoms with Gasteiger partial charge < -0.3 is 19.7 Å². The molecule has 1 fully saturated rings. The Morgan fingerprint density at radius 1 is 1.57 bits per heavy atom. The van der Waals surface area contributed by atoms with Crippen molar-refractivity contribution in [3.8, 4) is 0 Å². The van der Waals surface area contributed by atoms with Gasteiger partial charge in [-0.15, -0.1) is 0 Å². The molecule has 0 aliphatic carbocycles. The van der Waals surface area contributed by atoms with E-state index in [4.69, 9.17) is 9.47 Å². The van der Waals surface area contributed by atoms with E-state index in [9.17, 15) is 4.79 Å². The quantitative estimate of drug-likeness (QED) is 0.704. The monoisotopic (exact) mass is 202 g/mol. The number of carbonyl (C=O) groups is 1. The number of nitrogens with zero attached hydrogens (tertiary/aromatic N) is 1. The van der Waals surface area contributed by atoms with Crippen molar-refractivity contribution in [3.05, 3.63) is 0 Å². The topological polar surface area (TPSA) is 50.8 Å². The third kappa shape index (κ3) is 3.51. The lowest BCUT2D eigenvalue weighted by Gasteiger charge is -2.27. The molecule has 1 heterocycles. The van der Waals surface area contributed by atoms with Crippen LogP contribution in [0.25, 0.3) is 0 Å². The van der Waals surface area contributed by atoms with Crippen LogP contribution < -0.4 is 5.32 Å². The molecule has 5 nitrogen and oxygen atoms in total. The maximum absolute atomic E-state index is 11.5. The van der Waals surface area contributed by atoms with Crippen molar-refractivity contribution in [2.24, 2.45) is 0 Å². The second-order valence-electron chi connectivity index (χ2n) is 3.33. The van der Waals surface area contributed by atoms with Crippen molar-refractivity contribution in [2.75, 3.05) is 40.0 Å². The summed E-state index contributed by atoms with van der Waals surface area (Å²) in [4.78, 5) is 13.3. The Morgan fingerprint density at radius 3 is 2.79 bits per heavy atom. The van der Waals surface area contributed by atoms with Crippen LogP contribution >= 0.6 is 0 Å². The number of ether oxygens (including phenoxy) is 2. The largest absolute Gasteiger partial charge is 0.380 e. The van der Waals surface area contributed by atoms with Gasteiger partial charge in [-0.2, -0.15) is 0 Å². The summed E-state index contributed by atoms with van der Waals surface area (Å²) in [6.07, 6.45) is 0.0555. The molecule has 82 valence electrons. The maximum atomic E-state index is 11.5. The average molecular weight is 202 g/mol. The molecule has 0 aromatic carbocycles. The lowest BCUT2D eigenvalue weighted by Crippen LogP contribution is -2.47. The summed E-state index contributed by atoms with van der Waals surface area (Å²) < 4.78 is 10.2. The molecular weight excluding hydrogens is 184 g/mol. The number of nitrogens with one attached hydrogen (secondary N) is 1. The number of methoxy groups -OCH3 is 1. The molecule has 1 aliphatic heterocycles. The van der Waals surface area contributed by atoms with E-state index in [0.29, 0.717) is 32.8 Å². The first-order valence-electron chi connectivity index (χ1n) is 4.87. The summed E-state index contributed by atoms with van der Waals surface area (Å²) in [5.41, 5.74) is 0. The van der Waals surface area contributed by atoms with E-state index in [1.807, 2.05) is 6.92 Å². The first kappa shape index (κ1) is 11.3. The van der Waals surface area contributed by atoms with Crippen molar-refractivity contribution in [1.29, 1.82) is 0 Å². The number of hydrogen-bond acceptors (Lipinski definition) is 3. The second-order valence-corrected chi connectivity index (χ2v) is 3.33. The molecule has 1 unspecified atom stereocenters. The summed E-state index contributed by atoms with van der Waals surface area (Å²) >= 11 is 0. The normalized spacial score (nSPS) is 19.1. The number of hydrogen-bond donors (Lipinski definition) is 1. The molecule has 1 N–H and O–H groups in total. The van der Waals surface area contributed by atoms with Gasteiger partial charge in [0.05, 0.1) is 19.3 Å². The van der Waals surface area contributed by atoms with Crippen LogP contribution in [0.4, 0.5) is 4.79 Å². The predicted molar refractivity (Wildman–Crippen MR) is 52.3 cm³/mol. The lowest BCUT2D eigenvalue weighted by atomic mass is 10.4. The Morgan fingerprint density at radius 2 is 2.21 bits per heavy atom. The average Bonchev–Trinajstić information content (AvgIpc) is 2.26. The molecule has 2 amide bonds. The Hall–Kier alpha value is -0.810. The molecule has 0 saturated carbocycles. The molecule has 0 aromatic rings. The van der Waals surface area contributed by atoms with Gasteiger partial charge in [0.25, 0.3) is 0 Å². The molecule has 14 heavy (non-hydrogen) atoms. The highest BCUT2D eigenvalue weighted by atomic mass is 16.5. The van der Waals surface area contributed by atoms with E-state index in [2.05, 4.69) is 5.32 Å². The zero-order valence-electron chi connectivity index (χ0n) is 8.78. The van der Waals surface area contributed by atoms with Gasteiger partial charge >= 0.3 is 6.03 Å². The van der Waals surface area contributed by atoms with E-state index < -0.39 is 0 Å². The highest BCUT2D eigenvalue weighted by Gasteiger charge is 2.16. The number of carbonyl (C=O) groups excluding carboxylic acids is 1. The second kappa shape index (κ2) is 5.82. The molecule has 0 radical (unpaired) electrons. The molecule has 1 saturated heterocycles. The van der Waals surface area contributed by atoms with Gasteiger partial charge in [0.1, 0.15) is 0 Å². The third-order valence-corrected chi connectivity index (χ3v) is 2.24. The Labute approximate surface area is 84.4 Å². The van der Waals surface area contributed by atoms with Crippen LogP contribution in [0.1, 0.15) is 6.92 Å². The summed E-state index contributed by atoms with van der Waals surface area (Å²) in [5.74, 6) is 0. The van der Waals surface area contributed by atoms with Crippen LogP contribution in [0.15, 0.2) is 0 Å². The summed E-state index contributed by atoms with van der Waals surface area (Å²) in [6, 6.07) is -0.0304. The van der Waals surface area contributed by atoms with Gasteiger partial charge in [-0.25, -0.2) is 4.79 Å². The van der Waals surface area contributed by atoms with Gasteiger partial charge in [0, 0.05) is 26.7 Å². The first-order chi connectivity index (χ1) is 6.74. The van der Waals surface area contributed by atoms with Crippen molar-refractivity contribution in [1.82, 2.24) is 10.2 Å². The summed E-state index contributed by atoms with van der Waals surface area (Å²) in [5, 5.41) is 2.81. The number of amides is 2. The molecule has 0 bridgehead atoms. The van der Waals surface area contributed by atoms with Crippen LogP contribution in [0, 0.1) is 0 Å². The Kier molecular flexibility index (Phi) is 4.69. The predicted octanol–water partition coefficient (Wildman–Crippen LogP) is 0.0631. The van der Waals surface area contributed by atoms with Crippen molar-refractivity contribution >= 4 is 6.03 Å².